The summed E-state index contributed by atoms with van der Waals surface area (Å²) >= 11 is 0. The SMILES string of the molecule is C/C(=N\Nc1cc(F)cc(F)c1)c1ccc(S(=O)(=O)C2CCCC2)cc1. The van der Waals surface area contributed by atoms with Crippen molar-refractivity contribution in [2.45, 2.75) is 42.8 Å². The molecular weight excluding hydrogens is 358 g/mol. The molecule has 0 atom stereocenters. The minimum Gasteiger partial charge on any atom is -0.278 e. The lowest BCUT2D eigenvalue weighted by atomic mass is 10.1. The first-order chi connectivity index (χ1) is 12.4. The van der Waals surface area contributed by atoms with Crippen LogP contribution in [0.15, 0.2) is 52.5 Å². The van der Waals surface area contributed by atoms with Gasteiger partial charge in [0.25, 0.3) is 0 Å². The number of hydrazone groups is 1. The van der Waals surface area contributed by atoms with Crippen LogP contribution in [-0.2, 0) is 9.84 Å². The summed E-state index contributed by atoms with van der Waals surface area (Å²) in [6, 6.07) is 9.61. The first-order valence-corrected chi connectivity index (χ1v) is 10.0. The van der Waals surface area contributed by atoms with Gasteiger partial charge in [-0.25, -0.2) is 17.2 Å². The molecule has 0 radical (unpaired) electrons. The summed E-state index contributed by atoms with van der Waals surface area (Å²) in [6.07, 6.45) is 3.36. The number of hydrogen-bond acceptors (Lipinski definition) is 4. The number of sulfone groups is 1. The summed E-state index contributed by atoms with van der Waals surface area (Å²) in [7, 11) is -3.28. The molecule has 0 heterocycles. The molecule has 2 aromatic rings. The van der Waals surface area contributed by atoms with Gasteiger partial charge in [-0.2, -0.15) is 5.10 Å². The molecule has 26 heavy (non-hydrogen) atoms. The molecule has 1 N–H and O–H groups in total. The van der Waals surface area contributed by atoms with E-state index in [1.165, 1.54) is 0 Å². The van der Waals surface area contributed by atoms with Crippen LogP contribution < -0.4 is 5.43 Å². The standard InChI is InChI=1S/C19H20F2N2O2S/c1-13(22-23-17-11-15(20)10-16(21)12-17)14-6-8-19(9-7-14)26(24,25)18-4-2-3-5-18/h6-12,18,23H,2-5H2,1H3/b22-13+. The van der Waals surface area contributed by atoms with Crippen molar-refractivity contribution in [2.24, 2.45) is 5.10 Å². The molecule has 1 aliphatic rings. The number of nitrogens with one attached hydrogen (secondary N) is 1. The molecule has 2 aromatic carbocycles. The Balaban J connectivity index is 1.75. The molecule has 0 unspecified atom stereocenters. The zero-order chi connectivity index (χ0) is 18.7. The normalized spacial score (nSPS) is 16.0. The second-order valence-electron chi connectivity index (χ2n) is 6.44. The molecule has 7 heteroatoms. The van der Waals surface area contributed by atoms with Crippen molar-refractivity contribution in [2.75, 3.05) is 5.43 Å². The van der Waals surface area contributed by atoms with Gasteiger partial charge in [0.15, 0.2) is 9.84 Å². The van der Waals surface area contributed by atoms with Gasteiger partial charge in [-0.05, 0) is 49.6 Å². The zero-order valence-electron chi connectivity index (χ0n) is 14.4. The fourth-order valence-electron chi connectivity index (χ4n) is 3.11. The largest absolute Gasteiger partial charge is 0.278 e. The minimum atomic E-state index is -3.28. The maximum atomic E-state index is 13.2. The Morgan fingerprint density at radius 1 is 1.04 bits per heavy atom. The van der Waals surface area contributed by atoms with Gasteiger partial charge in [-0.1, -0.05) is 25.0 Å². The average Bonchev–Trinajstić information content (AvgIpc) is 3.14. The van der Waals surface area contributed by atoms with Gasteiger partial charge in [0.2, 0.25) is 0 Å². The topological polar surface area (TPSA) is 58.5 Å². The number of benzene rings is 2. The van der Waals surface area contributed by atoms with Crippen molar-refractivity contribution in [3.05, 3.63) is 59.7 Å². The second-order valence-corrected chi connectivity index (χ2v) is 8.67. The Hall–Kier alpha value is -2.28. The van der Waals surface area contributed by atoms with Gasteiger partial charge >= 0.3 is 0 Å². The van der Waals surface area contributed by atoms with E-state index in [-0.39, 0.29) is 10.9 Å². The predicted octanol–water partition coefficient (Wildman–Crippen LogP) is 4.52. The van der Waals surface area contributed by atoms with Crippen LogP contribution in [0.25, 0.3) is 0 Å². The van der Waals surface area contributed by atoms with Crippen molar-refractivity contribution in [1.29, 1.82) is 0 Å². The molecule has 4 nitrogen and oxygen atoms in total. The van der Waals surface area contributed by atoms with E-state index in [4.69, 9.17) is 0 Å². The third-order valence-electron chi connectivity index (χ3n) is 4.56. The van der Waals surface area contributed by atoms with E-state index in [1.54, 1.807) is 31.2 Å². The van der Waals surface area contributed by atoms with Crippen LogP contribution >= 0.6 is 0 Å². The van der Waals surface area contributed by atoms with E-state index < -0.39 is 21.5 Å². The molecule has 0 aliphatic heterocycles. The molecule has 1 saturated carbocycles. The number of nitrogens with zero attached hydrogens (tertiary/aromatic N) is 1. The van der Waals surface area contributed by atoms with Crippen molar-refractivity contribution in [1.82, 2.24) is 0 Å². The van der Waals surface area contributed by atoms with Crippen LogP contribution in [0.2, 0.25) is 0 Å². The van der Waals surface area contributed by atoms with Crippen molar-refractivity contribution in [3.63, 3.8) is 0 Å². The van der Waals surface area contributed by atoms with Crippen LogP contribution in [0, 0.1) is 11.6 Å². The molecule has 1 aliphatic carbocycles. The number of hydrogen-bond donors (Lipinski definition) is 1. The van der Waals surface area contributed by atoms with E-state index in [2.05, 4.69) is 10.5 Å². The second kappa shape index (κ2) is 7.53. The first kappa shape index (κ1) is 18.5. The van der Waals surface area contributed by atoms with Gasteiger partial charge in [0.1, 0.15) is 11.6 Å². The minimum absolute atomic E-state index is 0.197. The van der Waals surface area contributed by atoms with Gasteiger partial charge in [0.05, 0.1) is 21.5 Å². The molecular formula is C19H20F2N2O2S. The Bertz CT molecular complexity index is 899. The lowest BCUT2D eigenvalue weighted by Gasteiger charge is -2.11. The van der Waals surface area contributed by atoms with Crippen LogP contribution in [0.1, 0.15) is 38.2 Å². The Labute approximate surface area is 151 Å². The molecule has 138 valence electrons. The molecule has 0 amide bonds. The molecule has 0 spiro atoms. The molecule has 0 saturated heterocycles. The molecule has 1 fully saturated rings. The third kappa shape index (κ3) is 4.09. The predicted molar refractivity (Wildman–Crippen MR) is 98.1 cm³/mol. The summed E-state index contributed by atoms with van der Waals surface area (Å²) in [5.41, 5.74) is 4.09. The van der Waals surface area contributed by atoms with E-state index in [0.717, 1.165) is 49.4 Å². The highest BCUT2D eigenvalue weighted by atomic mass is 32.2. The summed E-state index contributed by atoms with van der Waals surface area (Å²) < 4.78 is 51.5. The summed E-state index contributed by atoms with van der Waals surface area (Å²) in [4.78, 5) is 0.320. The van der Waals surface area contributed by atoms with Crippen LogP contribution in [0.5, 0.6) is 0 Å². The van der Waals surface area contributed by atoms with E-state index in [1.807, 2.05) is 0 Å². The quantitative estimate of drug-likeness (QED) is 0.615. The number of anilines is 1. The smallest absolute Gasteiger partial charge is 0.181 e. The van der Waals surface area contributed by atoms with E-state index >= 15 is 0 Å². The van der Waals surface area contributed by atoms with Crippen molar-refractivity contribution < 1.29 is 17.2 Å². The lowest BCUT2D eigenvalue weighted by Crippen LogP contribution is -2.17. The molecule has 0 bridgehead atoms. The maximum Gasteiger partial charge on any atom is 0.181 e. The van der Waals surface area contributed by atoms with Crippen LogP contribution in [0.3, 0.4) is 0 Å². The lowest BCUT2D eigenvalue weighted by molar-refractivity contribution is 0.579. The highest BCUT2D eigenvalue weighted by Gasteiger charge is 2.30. The van der Waals surface area contributed by atoms with E-state index in [9.17, 15) is 17.2 Å². The Kier molecular flexibility index (Phi) is 5.36. The highest BCUT2D eigenvalue weighted by Crippen LogP contribution is 2.29. The average molecular weight is 378 g/mol. The van der Waals surface area contributed by atoms with E-state index in [0.29, 0.717) is 10.6 Å². The van der Waals surface area contributed by atoms with Crippen LogP contribution in [-0.4, -0.2) is 19.4 Å². The summed E-state index contributed by atoms with van der Waals surface area (Å²) in [5.74, 6) is -1.39. The fourth-order valence-corrected chi connectivity index (χ4v) is 4.96. The van der Waals surface area contributed by atoms with Gasteiger partial charge < -0.3 is 0 Å². The van der Waals surface area contributed by atoms with Gasteiger partial charge in [0, 0.05) is 6.07 Å². The fraction of sp³-hybridized carbons (Fsp3) is 0.316. The van der Waals surface area contributed by atoms with Gasteiger partial charge in [-0.15, -0.1) is 0 Å². The first-order valence-electron chi connectivity index (χ1n) is 8.47. The van der Waals surface area contributed by atoms with Crippen molar-refractivity contribution >= 4 is 21.2 Å². The number of halogens is 2. The highest BCUT2D eigenvalue weighted by molar-refractivity contribution is 7.92. The zero-order valence-corrected chi connectivity index (χ0v) is 15.2. The molecule has 3 rings (SSSR count). The summed E-state index contributed by atoms with van der Waals surface area (Å²) in [5, 5.41) is 3.82. The van der Waals surface area contributed by atoms with Gasteiger partial charge in [-0.3, -0.25) is 5.43 Å². The Morgan fingerprint density at radius 3 is 2.19 bits per heavy atom. The molecule has 0 aromatic heterocycles. The Morgan fingerprint density at radius 2 is 1.62 bits per heavy atom. The maximum absolute atomic E-state index is 13.2. The third-order valence-corrected chi connectivity index (χ3v) is 6.84. The van der Waals surface area contributed by atoms with Crippen molar-refractivity contribution in [3.8, 4) is 0 Å². The van der Waals surface area contributed by atoms with Crippen LogP contribution in [0.4, 0.5) is 14.5 Å². The number of rotatable bonds is 5. The summed E-state index contributed by atoms with van der Waals surface area (Å²) in [6.45, 7) is 1.73. The monoisotopic (exact) mass is 378 g/mol.